The first-order chi connectivity index (χ1) is 10.7. The average Bonchev–Trinajstić information content (AvgIpc) is 2.95. The largest absolute Gasteiger partial charge is 0.457 e. The predicted octanol–water partition coefficient (Wildman–Crippen LogP) is 3.36. The summed E-state index contributed by atoms with van der Waals surface area (Å²) in [5, 5.41) is 0. The summed E-state index contributed by atoms with van der Waals surface area (Å²) >= 11 is 0. The Kier molecular flexibility index (Phi) is 3.99. The van der Waals surface area contributed by atoms with Crippen LogP contribution in [0.4, 0.5) is 0 Å². The van der Waals surface area contributed by atoms with Gasteiger partial charge in [0.05, 0.1) is 23.5 Å². The number of ketones is 1. The molecule has 3 rings (SSSR count). The van der Waals surface area contributed by atoms with Crippen LogP contribution >= 0.6 is 0 Å². The number of hydrogen-bond donors (Lipinski definition) is 0. The summed E-state index contributed by atoms with van der Waals surface area (Å²) in [6.07, 6.45) is 8.18. The third-order valence-corrected chi connectivity index (χ3v) is 5.42. The van der Waals surface area contributed by atoms with Crippen molar-refractivity contribution in [2.24, 2.45) is 11.3 Å². The second-order valence-corrected chi connectivity index (χ2v) is 7.91. The number of carbonyl (C=O) groups excluding carboxylic acids is 2. The van der Waals surface area contributed by atoms with Gasteiger partial charge in [-0.3, -0.25) is 9.59 Å². The summed E-state index contributed by atoms with van der Waals surface area (Å²) in [7, 11) is 0. The van der Waals surface area contributed by atoms with E-state index in [2.05, 4.69) is 20.8 Å². The van der Waals surface area contributed by atoms with Crippen molar-refractivity contribution in [2.75, 3.05) is 0 Å². The summed E-state index contributed by atoms with van der Waals surface area (Å²) in [5.41, 5.74) is 0.466. The molecule has 2 fully saturated rings. The van der Waals surface area contributed by atoms with Crippen molar-refractivity contribution < 1.29 is 19.1 Å². The predicted molar refractivity (Wildman–Crippen MR) is 86.8 cm³/mol. The fraction of sp³-hybridized carbons (Fsp3) is 0.684. The third kappa shape index (κ3) is 3.14. The summed E-state index contributed by atoms with van der Waals surface area (Å²) < 4.78 is 11.1. The smallest absolute Gasteiger partial charge is 0.307 e. The summed E-state index contributed by atoms with van der Waals surface area (Å²) in [6.45, 7) is 8.31. The van der Waals surface area contributed by atoms with Crippen molar-refractivity contribution in [3.8, 4) is 0 Å². The van der Waals surface area contributed by atoms with Crippen LogP contribution in [-0.4, -0.2) is 29.6 Å². The number of esters is 1. The summed E-state index contributed by atoms with van der Waals surface area (Å²) in [4.78, 5) is 24.4. The first-order valence-corrected chi connectivity index (χ1v) is 8.50. The molecular formula is C19H26O4. The Hall–Kier alpha value is -1.42. The topological polar surface area (TPSA) is 55.9 Å². The normalized spacial score (nSPS) is 39.0. The van der Waals surface area contributed by atoms with E-state index in [9.17, 15) is 9.59 Å². The highest BCUT2D eigenvalue weighted by molar-refractivity contribution is 6.00. The molecule has 0 aromatic carbocycles. The Labute approximate surface area is 137 Å². The highest BCUT2D eigenvalue weighted by Crippen LogP contribution is 2.46. The van der Waals surface area contributed by atoms with Crippen molar-refractivity contribution in [1.29, 1.82) is 0 Å². The quantitative estimate of drug-likeness (QED) is 0.453. The van der Waals surface area contributed by atoms with Gasteiger partial charge < -0.3 is 9.47 Å². The SMILES string of the molecule is C/C(=C\[C@H]1OC(=O)CC12C[C@H](C)C=CC2=O)CCC1OC1(C)C. The van der Waals surface area contributed by atoms with Gasteiger partial charge in [0.25, 0.3) is 0 Å². The van der Waals surface area contributed by atoms with Crippen molar-refractivity contribution in [1.82, 2.24) is 0 Å². The second-order valence-electron chi connectivity index (χ2n) is 7.91. The van der Waals surface area contributed by atoms with E-state index in [-0.39, 0.29) is 23.8 Å². The maximum atomic E-state index is 12.5. The number of rotatable bonds is 4. The maximum absolute atomic E-state index is 12.5. The van der Waals surface area contributed by atoms with Crippen LogP contribution in [0.25, 0.3) is 0 Å². The fourth-order valence-electron chi connectivity index (χ4n) is 3.86. The number of epoxide rings is 1. The second kappa shape index (κ2) is 5.59. The highest BCUT2D eigenvalue weighted by atomic mass is 16.6. The number of cyclic esters (lactones) is 1. The Morgan fingerprint density at radius 2 is 2.09 bits per heavy atom. The van der Waals surface area contributed by atoms with E-state index in [1.165, 1.54) is 0 Å². The molecule has 2 heterocycles. The van der Waals surface area contributed by atoms with Gasteiger partial charge in [-0.05, 0) is 58.1 Å². The van der Waals surface area contributed by atoms with Crippen LogP contribution < -0.4 is 0 Å². The Bertz CT molecular complexity index is 586. The van der Waals surface area contributed by atoms with E-state index in [0.29, 0.717) is 18.4 Å². The molecule has 2 saturated heterocycles. The van der Waals surface area contributed by atoms with Crippen LogP contribution in [0, 0.1) is 11.3 Å². The molecule has 0 aromatic heterocycles. The minimum atomic E-state index is -0.693. The van der Waals surface area contributed by atoms with E-state index in [1.54, 1.807) is 6.08 Å². The molecule has 4 nitrogen and oxygen atoms in total. The molecule has 3 aliphatic rings. The molecule has 4 atom stereocenters. The van der Waals surface area contributed by atoms with Gasteiger partial charge in [0, 0.05) is 0 Å². The lowest BCUT2D eigenvalue weighted by Gasteiger charge is -2.33. The molecular weight excluding hydrogens is 292 g/mol. The molecule has 0 radical (unpaired) electrons. The van der Waals surface area contributed by atoms with Crippen molar-refractivity contribution in [3.05, 3.63) is 23.8 Å². The number of allylic oxidation sites excluding steroid dienone is 3. The van der Waals surface area contributed by atoms with Gasteiger partial charge in [0.15, 0.2) is 5.78 Å². The number of carbonyl (C=O) groups is 2. The molecule has 2 aliphatic heterocycles. The van der Waals surface area contributed by atoms with Gasteiger partial charge in [-0.15, -0.1) is 0 Å². The minimum absolute atomic E-state index is 0.000883. The third-order valence-electron chi connectivity index (χ3n) is 5.42. The minimum Gasteiger partial charge on any atom is -0.457 e. The van der Waals surface area contributed by atoms with E-state index in [1.807, 2.05) is 19.1 Å². The Morgan fingerprint density at radius 1 is 1.39 bits per heavy atom. The van der Waals surface area contributed by atoms with Crippen LogP contribution in [0.5, 0.6) is 0 Å². The number of hydrogen-bond acceptors (Lipinski definition) is 4. The zero-order chi connectivity index (χ0) is 16.8. The molecule has 126 valence electrons. The zero-order valence-electron chi connectivity index (χ0n) is 14.4. The van der Waals surface area contributed by atoms with Crippen molar-refractivity contribution in [3.63, 3.8) is 0 Å². The molecule has 0 amide bonds. The van der Waals surface area contributed by atoms with Crippen LogP contribution in [0.1, 0.15) is 53.4 Å². The molecule has 23 heavy (non-hydrogen) atoms. The van der Waals surface area contributed by atoms with Gasteiger partial charge in [0.2, 0.25) is 0 Å². The lowest BCUT2D eigenvalue weighted by molar-refractivity contribution is -0.140. The van der Waals surface area contributed by atoms with Gasteiger partial charge in [-0.1, -0.05) is 18.6 Å². The zero-order valence-corrected chi connectivity index (χ0v) is 14.4. The van der Waals surface area contributed by atoms with Gasteiger partial charge in [-0.25, -0.2) is 0 Å². The van der Waals surface area contributed by atoms with E-state index in [4.69, 9.17) is 9.47 Å². The van der Waals surface area contributed by atoms with Crippen molar-refractivity contribution in [2.45, 2.75) is 71.2 Å². The molecule has 1 spiro atoms. The average molecular weight is 318 g/mol. The Morgan fingerprint density at radius 3 is 2.74 bits per heavy atom. The molecule has 4 heteroatoms. The maximum Gasteiger partial charge on any atom is 0.307 e. The highest BCUT2D eigenvalue weighted by Gasteiger charge is 2.54. The molecule has 0 bridgehead atoms. The van der Waals surface area contributed by atoms with E-state index >= 15 is 0 Å². The fourth-order valence-corrected chi connectivity index (χ4v) is 3.86. The van der Waals surface area contributed by atoms with E-state index in [0.717, 1.165) is 18.4 Å². The van der Waals surface area contributed by atoms with Crippen LogP contribution in [0.15, 0.2) is 23.8 Å². The van der Waals surface area contributed by atoms with Crippen LogP contribution in [-0.2, 0) is 19.1 Å². The molecule has 0 saturated carbocycles. The lowest BCUT2D eigenvalue weighted by atomic mass is 9.67. The van der Waals surface area contributed by atoms with Gasteiger partial charge in [0.1, 0.15) is 6.10 Å². The monoisotopic (exact) mass is 318 g/mol. The van der Waals surface area contributed by atoms with Gasteiger partial charge in [-0.2, -0.15) is 0 Å². The van der Waals surface area contributed by atoms with Crippen LogP contribution in [0.2, 0.25) is 0 Å². The first-order valence-electron chi connectivity index (χ1n) is 8.50. The summed E-state index contributed by atoms with van der Waals surface area (Å²) in [6, 6.07) is 0. The van der Waals surface area contributed by atoms with Crippen LogP contribution in [0.3, 0.4) is 0 Å². The number of ether oxygens (including phenoxy) is 2. The molecule has 0 aromatic rings. The lowest BCUT2D eigenvalue weighted by Crippen LogP contribution is -2.40. The van der Waals surface area contributed by atoms with E-state index < -0.39 is 11.5 Å². The Balaban J connectivity index is 1.72. The van der Waals surface area contributed by atoms with Crippen molar-refractivity contribution >= 4 is 11.8 Å². The summed E-state index contributed by atoms with van der Waals surface area (Å²) in [5.74, 6) is 0.0581. The molecule has 0 N–H and O–H groups in total. The standard InChI is InChI=1S/C19H26O4/c1-12(6-8-15-18(3,4)23-15)9-16-19(11-17(21)22-16)10-13(2)5-7-14(19)20/h5,7,9,13,15-16H,6,8,10-11H2,1-4H3/b12-9+/t13-,15?,16-,19?/m1/s1. The first kappa shape index (κ1) is 16.4. The van der Waals surface area contributed by atoms with Gasteiger partial charge >= 0.3 is 5.97 Å². The molecule has 2 unspecified atom stereocenters. The molecule has 1 aliphatic carbocycles.